The molecule has 2 atom stereocenters. The van der Waals surface area contributed by atoms with Gasteiger partial charge in [-0.05, 0) is 32.3 Å². The number of likely N-dealkylation sites (tertiary alicyclic amines) is 1. The lowest BCUT2D eigenvalue weighted by Gasteiger charge is -2.33. The average molecular weight is 320 g/mol. The molecule has 2 heterocycles. The van der Waals surface area contributed by atoms with Crippen molar-refractivity contribution in [2.45, 2.75) is 38.2 Å². The second-order valence-corrected chi connectivity index (χ2v) is 5.79. The summed E-state index contributed by atoms with van der Waals surface area (Å²) in [5.74, 6) is -0.428. The van der Waals surface area contributed by atoms with Crippen LogP contribution in [0.3, 0.4) is 0 Å². The van der Waals surface area contributed by atoms with Crippen molar-refractivity contribution >= 4 is 11.8 Å². The molecule has 0 aromatic carbocycles. The van der Waals surface area contributed by atoms with E-state index < -0.39 is 12.0 Å². The predicted octanol–water partition coefficient (Wildman–Crippen LogP) is 1.20. The Balaban J connectivity index is 1.95. The molecule has 3 N–H and O–H groups in total. The standard InChI is InChI=1S/C16H24N4O3/c1-3-4-8-23-11(2)16(22)20-7-5-6-12(10-20)13-9-14(15(17)21)19-18-13/h3,9,11-12H,1,4-8,10H2,2H3,(H2,17,21)(H,18,19)/t11-,12+/m0/s1. The van der Waals surface area contributed by atoms with E-state index in [2.05, 4.69) is 16.8 Å². The fourth-order valence-electron chi connectivity index (χ4n) is 2.76. The van der Waals surface area contributed by atoms with E-state index in [0.717, 1.165) is 31.5 Å². The Labute approximate surface area is 135 Å². The second-order valence-electron chi connectivity index (χ2n) is 5.79. The Morgan fingerprint density at radius 1 is 1.65 bits per heavy atom. The number of hydrogen-bond acceptors (Lipinski definition) is 4. The molecule has 0 aliphatic carbocycles. The van der Waals surface area contributed by atoms with Crippen LogP contribution in [0.1, 0.15) is 48.3 Å². The first-order valence-electron chi connectivity index (χ1n) is 7.89. The first kappa shape index (κ1) is 17.2. The van der Waals surface area contributed by atoms with Gasteiger partial charge in [-0.1, -0.05) is 6.08 Å². The van der Waals surface area contributed by atoms with Crippen molar-refractivity contribution in [3.8, 4) is 0 Å². The van der Waals surface area contributed by atoms with Gasteiger partial charge in [0.25, 0.3) is 11.8 Å². The zero-order valence-electron chi connectivity index (χ0n) is 13.5. The van der Waals surface area contributed by atoms with E-state index in [9.17, 15) is 9.59 Å². The number of piperidine rings is 1. The normalized spacial score (nSPS) is 19.3. The number of carbonyl (C=O) groups is 2. The minimum Gasteiger partial charge on any atom is -0.368 e. The molecule has 1 saturated heterocycles. The highest BCUT2D eigenvalue weighted by Crippen LogP contribution is 2.26. The van der Waals surface area contributed by atoms with E-state index in [1.807, 2.05) is 4.90 Å². The Kier molecular flexibility index (Phi) is 5.92. The molecule has 2 amide bonds. The quantitative estimate of drug-likeness (QED) is 0.582. The maximum atomic E-state index is 12.5. The maximum Gasteiger partial charge on any atom is 0.269 e. The molecule has 1 aliphatic rings. The Hall–Kier alpha value is -2.15. The van der Waals surface area contributed by atoms with Gasteiger partial charge in [0.15, 0.2) is 0 Å². The van der Waals surface area contributed by atoms with Crippen molar-refractivity contribution in [1.82, 2.24) is 15.1 Å². The van der Waals surface area contributed by atoms with Crippen LogP contribution >= 0.6 is 0 Å². The Morgan fingerprint density at radius 3 is 3.09 bits per heavy atom. The molecule has 23 heavy (non-hydrogen) atoms. The third-order valence-corrected chi connectivity index (χ3v) is 4.06. The molecule has 0 radical (unpaired) electrons. The van der Waals surface area contributed by atoms with Crippen LogP contribution in [0.5, 0.6) is 0 Å². The molecule has 1 aromatic rings. The molecule has 126 valence electrons. The van der Waals surface area contributed by atoms with Gasteiger partial charge in [-0.15, -0.1) is 6.58 Å². The van der Waals surface area contributed by atoms with Crippen molar-refractivity contribution in [2.24, 2.45) is 5.73 Å². The van der Waals surface area contributed by atoms with E-state index in [4.69, 9.17) is 10.5 Å². The summed E-state index contributed by atoms with van der Waals surface area (Å²) in [7, 11) is 0. The van der Waals surface area contributed by atoms with Crippen molar-refractivity contribution in [3.05, 3.63) is 30.1 Å². The molecule has 0 spiro atoms. The summed E-state index contributed by atoms with van der Waals surface area (Å²) in [5, 5.41) is 6.77. The van der Waals surface area contributed by atoms with E-state index in [1.165, 1.54) is 0 Å². The lowest BCUT2D eigenvalue weighted by molar-refractivity contribution is -0.143. The molecule has 0 bridgehead atoms. The van der Waals surface area contributed by atoms with Crippen LogP contribution < -0.4 is 5.73 Å². The van der Waals surface area contributed by atoms with E-state index in [1.54, 1.807) is 19.1 Å². The van der Waals surface area contributed by atoms with Crippen LogP contribution in [-0.2, 0) is 9.53 Å². The van der Waals surface area contributed by atoms with Gasteiger partial charge in [-0.3, -0.25) is 14.7 Å². The van der Waals surface area contributed by atoms with Crippen LogP contribution in [0.15, 0.2) is 18.7 Å². The number of aromatic nitrogens is 2. The number of hydrogen-bond donors (Lipinski definition) is 2. The number of rotatable bonds is 7. The van der Waals surface area contributed by atoms with Gasteiger partial charge in [0.2, 0.25) is 0 Å². The van der Waals surface area contributed by atoms with Gasteiger partial charge < -0.3 is 15.4 Å². The monoisotopic (exact) mass is 320 g/mol. The highest BCUT2D eigenvalue weighted by atomic mass is 16.5. The molecule has 1 aromatic heterocycles. The van der Waals surface area contributed by atoms with Crippen LogP contribution in [0.25, 0.3) is 0 Å². The molecule has 1 fully saturated rings. The van der Waals surface area contributed by atoms with Gasteiger partial charge in [-0.25, -0.2) is 0 Å². The van der Waals surface area contributed by atoms with Gasteiger partial charge in [0.1, 0.15) is 11.8 Å². The molecule has 0 unspecified atom stereocenters. The van der Waals surface area contributed by atoms with E-state index >= 15 is 0 Å². The first-order valence-corrected chi connectivity index (χ1v) is 7.89. The number of H-pyrrole nitrogens is 1. The van der Waals surface area contributed by atoms with Gasteiger partial charge in [0.05, 0.1) is 6.61 Å². The average Bonchev–Trinajstić information content (AvgIpc) is 3.04. The lowest BCUT2D eigenvalue weighted by atomic mass is 9.94. The topological polar surface area (TPSA) is 101 Å². The van der Waals surface area contributed by atoms with Gasteiger partial charge in [0, 0.05) is 24.7 Å². The van der Waals surface area contributed by atoms with Crippen molar-refractivity contribution in [3.63, 3.8) is 0 Å². The Bertz CT molecular complexity index is 569. The number of nitrogens with zero attached hydrogens (tertiary/aromatic N) is 2. The maximum absolute atomic E-state index is 12.5. The zero-order valence-corrected chi connectivity index (χ0v) is 13.5. The van der Waals surface area contributed by atoms with Crippen LogP contribution in [-0.4, -0.2) is 52.7 Å². The lowest BCUT2D eigenvalue weighted by Crippen LogP contribution is -2.44. The summed E-state index contributed by atoms with van der Waals surface area (Å²) < 4.78 is 5.53. The van der Waals surface area contributed by atoms with E-state index in [0.29, 0.717) is 13.2 Å². The number of amides is 2. The third kappa shape index (κ3) is 4.41. The minimum atomic E-state index is -0.555. The van der Waals surface area contributed by atoms with Crippen molar-refractivity contribution in [1.29, 1.82) is 0 Å². The summed E-state index contributed by atoms with van der Waals surface area (Å²) in [6.45, 7) is 7.22. The molecule has 1 aliphatic heterocycles. The SMILES string of the molecule is C=CCCO[C@@H](C)C(=O)N1CCC[C@@H](c2cc(C(N)=O)n[nH]2)C1. The fraction of sp³-hybridized carbons (Fsp3) is 0.562. The molecule has 7 nitrogen and oxygen atoms in total. The van der Waals surface area contributed by atoms with Crippen LogP contribution in [0.2, 0.25) is 0 Å². The highest BCUT2D eigenvalue weighted by molar-refractivity contribution is 5.90. The largest absolute Gasteiger partial charge is 0.368 e. The van der Waals surface area contributed by atoms with Crippen molar-refractivity contribution < 1.29 is 14.3 Å². The van der Waals surface area contributed by atoms with Crippen LogP contribution in [0, 0.1) is 0 Å². The molecular weight excluding hydrogens is 296 g/mol. The number of primary amides is 1. The van der Waals surface area contributed by atoms with E-state index in [-0.39, 0.29) is 17.5 Å². The summed E-state index contributed by atoms with van der Waals surface area (Å²) in [5.41, 5.74) is 6.29. The fourth-order valence-corrected chi connectivity index (χ4v) is 2.76. The van der Waals surface area contributed by atoms with Gasteiger partial charge in [-0.2, -0.15) is 5.10 Å². The number of nitrogens with two attached hydrogens (primary N) is 1. The predicted molar refractivity (Wildman–Crippen MR) is 85.9 cm³/mol. The molecular formula is C16H24N4O3. The number of aromatic amines is 1. The number of carbonyl (C=O) groups excluding carboxylic acids is 2. The summed E-state index contributed by atoms with van der Waals surface area (Å²) >= 11 is 0. The minimum absolute atomic E-state index is 0.00611. The number of nitrogens with one attached hydrogen (secondary N) is 1. The second kappa shape index (κ2) is 7.92. The first-order chi connectivity index (χ1) is 11.0. The van der Waals surface area contributed by atoms with Crippen LogP contribution in [0.4, 0.5) is 0 Å². The Morgan fingerprint density at radius 2 is 2.43 bits per heavy atom. The molecule has 2 rings (SSSR count). The third-order valence-electron chi connectivity index (χ3n) is 4.06. The van der Waals surface area contributed by atoms with Crippen molar-refractivity contribution in [2.75, 3.05) is 19.7 Å². The molecule has 0 saturated carbocycles. The summed E-state index contributed by atoms with van der Waals surface area (Å²) in [6, 6.07) is 1.67. The number of ether oxygens (including phenoxy) is 1. The summed E-state index contributed by atoms with van der Waals surface area (Å²) in [6.07, 6.45) is 3.88. The smallest absolute Gasteiger partial charge is 0.269 e. The van der Waals surface area contributed by atoms with Gasteiger partial charge >= 0.3 is 0 Å². The zero-order chi connectivity index (χ0) is 16.8. The summed E-state index contributed by atoms with van der Waals surface area (Å²) in [4.78, 5) is 25.4. The highest BCUT2D eigenvalue weighted by Gasteiger charge is 2.29. The molecule has 7 heteroatoms.